The number of fused-ring (bicyclic) bond motifs is 1. The molecular formula is C20H16N2O. The molecule has 0 N–H and O–H groups in total. The summed E-state index contributed by atoms with van der Waals surface area (Å²) >= 11 is 0. The molecule has 1 aromatic heterocycles. The van der Waals surface area contributed by atoms with Gasteiger partial charge < -0.3 is 4.74 Å². The molecule has 112 valence electrons. The molecule has 1 heterocycles. The fourth-order valence-electron chi connectivity index (χ4n) is 2.80. The Balaban J connectivity index is 2.06. The highest BCUT2D eigenvalue weighted by Crippen LogP contribution is 2.30. The van der Waals surface area contributed by atoms with E-state index >= 15 is 0 Å². The number of imidazole rings is 1. The summed E-state index contributed by atoms with van der Waals surface area (Å²) in [5.74, 6) is 1.76. The van der Waals surface area contributed by atoms with Crippen LogP contribution in [0.15, 0.2) is 78.9 Å². The number of aromatic nitrogens is 2. The number of nitrogens with zero attached hydrogens (tertiary/aromatic N) is 2. The maximum Gasteiger partial charge on any atom is 0.145 e. The van der Waals surface area contributed by atoms with Crippen LogP contribution < -0.4 is 4.74 Å². The van der Waals surface area contributed by atoms with Crippen LogP contribution in [0.1, 0.15) is 0 Å². The van der Waals surface area contributed by atoms with Crippen LogP contribution in [0.2, 0.25) is 0 Å². The molecule has 3 nitrogen and oxygen atoms in total. The highest BCUT2D eigenvalue weighted by molar-refractivity contribution is 5.84. The second-order valence-electron chi connectivity index (χ2n) is 5.33. The summed E-state index contributed by atoms with van der Waals surface area (Å²) in [4.78, 5) is 4.84. The van der Waals surface area contributed by atoms with E-state index in [9.17, 15) is 0 Å². The SMILES string of the molecule is COc1ccc2nc(-c3ccccc3)n(-c3ccccc3)c2c1. The smallest absolute Gasteiger partial charge is 0.145 e. The Morgan fingerprint density at radius 3 is 2.22 bits per heavy atom. The Morgan fingerprint density at radius 2 is 1.52 bits per heavy atom. The molecule has 23 heavy (non-hydrogen) atoms. The first-order chi connectivity index (χ1) is 11.4. The Hall–Kier alpha value is -3.07. The summed E-state index contributed by atoms with van der Waals surface area (Å²) in [6.45, 7) is 0. The predicted molar refractivity (Wildman–Crippen MR) is 93.1 cm³/mol. The summed E-state index contributed by atoms with van der Waals surface area (Å²) in [6.07, 6.45) is 0. The van der Waals surface area contributed by atoms with Gasteiger partial charge in [0.25, 0.3) is 0 Å². The second-order valence-corrected chi connectivity index (χ2v) is 5.33. The van der Waals surface area contributed by atoms with Gasteiger partial charge >= 0.3 is 0 Å². The zero-order valence-electron chi connectivity index (χ0n) is 12.8. The second kappa shape index (κ2) is 5.61. The number of methoxy groups -OCH3 is 1. The van der Waals surface area contributed by atoms with Gasteiger partial charge in [-0.2, -0.15) is 0 Å². The number of benzene rings is 3. The van der Waals surface area contributed by atoms with Crippen LogP contribution in [0.5, 0.6) is 5.75 Å². The van der Waals surface area contributed by atoms with E-state index < -0.39 is 0 Å². The van der Waals surface area contributed by atoms with Crippen LogP contribution in [0, 0.1) is 0 Å². The van der Waals surface area contributed by atoms with E-state index in [2.05, 4.69) is 28.8 Å². The van der Waals surface area contributed by atoms with Gasteiger partial charge in [0.1, 0.15) is 11.6 Å². The van der Waals surface area contributed by atoms with Crippen molar-refractivity contribution >= 4 is 11.0 Å². The third-order valence-electron chi connectivity index (χ3n) is 3.91. The van der Waals surface area contributed by atoms with Gasteiger partial charge in [0, 0.05) is 17.3 Å². The van der Waals surface area contributed by atoms with Crippen molar-refractivity contribution < 1.29 is 4.74 Å². The first-order valence-electron chi connectivity index (χ1n) is 7.54. The molecule has 4 rings (SSSR count). The summed E-state index contributed by atoms with van der Waals surface area (Å²) < 4.78 is 7.56. The molecule has 3 heteroatoms. The molecule has 0 atom stereocenters. The molecule has 0 saturated carbocycles. The van der Waals surface area contributed by atoms with Crippen LogP contribution in [-0.2, 0) is 0 Å². The van der Waals surface area contributed by atoms with Gasteiger partial charge in [0.2, 0.25) is 0 Å². The molecule has 3 aromatic carbocycles. The molecule has 4 aromatic rings. The highest BCUT2D eigenvalue weighted by Gasteiger charge is 2.14. The van der Waals surface area contributed by atoms with E-state index in [0.717, 1.165) is 33.9 Å². The monoisotopic (exact) mass is 300 g/mol. The number of hydrogen-bond acceptors (Lipinski definition) is 2. The lowest BCUT2D eigenvalue weighted by Crippen LogP contribution is -1.97. The number of ether oxygens (including phenoxy) is 1. The predicted octanol–water partition coefficient (Wildman–Crippen LogP) is 4.70. The van der Waals surface area contributed by atoms with E-state index in [4.69, 9.17) is 9.72 Å². The minimum atomic E-state index is 0.828. The minimum Gasteiger partial charge on any atom is -0.497 e. The zero-order valence-corrected chi connectivity index (χ0v) is 12.8. The maximum atomic E-state index is 5.39. The van der Waals surface area contributed by atoms with Crippen LogP contribution in [0.25, 0.3) is 28.1 Å². The summed E-state index contributed by atoms with van der Waals surface area (Å²) in [5.41, 5.74) is 4.16. The number of rotatable bonds is 3. The lowest BCUT2D eigenvalue weighted by molar-refractivity contribution is 0.415. The van der Waals surface area contributed by atoms with Crippen molar-refractivity contribution in [2.75, 3.05) is 7.11 Å². The van der Waals surface area contributed by atoms with E-state index in [1.54, 1.807) is 7.11 Å². The average Bonchev–Trinajstić information content (AvgIpc) is 3.01. The number of hydrogen-bond donors (Lipinski definition) is 0. The van der Waals surface area contributed by atoms with Crippen molar-refractivity contribution in [3.8, 4) is 22.8 Å². The molecule has 0 spiro atoms. The highest BCUT2D eigenvalue weighted by atomic mass is 16.5. The lowest BCUT2D eigenvalue weighted by atomic mass is 10.2. The first kappa shape index (κ1) is 13.6. The third-order valence-corrected chi connectivity index (χ3v) is 3.91. The Bertz CT molecular complexity index is 943. The number of para-hydroxylation sites is 1. The van der Waals surface area contributed by atoms with Gasteiger partial charge in [-0.05, 0) is 24.3 Å². The summed E-state index contributed by atoms with van der Waals surface area (Å²) in [5, 5.41) is 0. The molecule has 0 unspecified atom stereocenters. The molecule has 0 radical (unpaired) electrons. The molecule has 0 aliphatic heterocycles. The van der Waals surface area contributed by atoms with Gasteiger partial charge in [-0.25, -0.2) is 4.98 Å². The Morgan fingerprint density at radius 1 is 0.826 bits per heavy atom. The zero-order chi connectivity index (χ0) is 15.6. The van der Waals surface area contributed by atoms with Crippen LogP contribution in [0.4, 0.5) is 0 Å². The molecule has 0 aliphatic rings. The average molecular weight is 300 g/mol. The first-order valence-corrected chi connectivity index (χ1v) is 7.54. The fourth-order valence-corrected chi connectivity index (χ4v) is 2.80. The summed E-state index contributed by atoms with van der Waals surface area (Å²) in [6, 6.07) is 26.5. The maximum absolute atomic E-state index is 5.39. The lowest BCUT2D eigenvalue weighted by Gasteiger charge is -2.10. The van der Waals surface area contributed by atoms with Crippen molar-refractivity contribution in [3.63, 3.8) is 0 Å². The molecular weight excluding hydrogens is 284 g/mol. The molecule has 0 amide bonds. The van der Waals surface area contributed by atoms with Crippen molar-refractivity contribution in [1.29, 1.82) is 0 Å². The molecule has 0 bridgehead atoms. The molecule has 0 saturated heterocycles. The van der Waals surface area contributed by atoms with Gasteiger partial charge in [-0.3, -0.25) is 4.57 Å². The van der Waals surface area contributed by atoms with Crippen molar-refractivity contribution in [3.05, 3.63) is 78.9 Å². The van der Waals surface area contributed by atoms with Crippen molar-refractivity contribution in [1.82, 2.24) is 9.55 Å². The fraction of sp³-hybridized carbons (Fsp3) is 0.0500. The normalized spacial score (nSPS) is 10.8. The minimum absolute atomic E-state index is 0.828. The Kier molecular flexibility index (Phi) is 3.31. The van der Waals surface area contributed by atoms with Gasteiger partial charge in [0.05, 0.1) is 18.1 Å². The topological polar surface area (TPSA) is 27.1 Å². The standard InChI is InChI=1S/C20H16N2O/c1-23-17-12-13-18-19(14-17)22(16-10-6-3-7-11-16)20(21-18)15-8-4-2-5-9-15/h2-14H,1H3. The quantitative estimate of drug-likeness (QED) is 0.548. The van der Waals surface area contributed by atoms with E-state index in [-0.39, 0.29) is 0 Å². The Labute approximate surface area is 134 Å². The van der Waals surface area contributed by atoms with Gasteiger partial charge in [-0.15, -0.1) is 0 Å². The van der Waals surface area contributed by atoms with Gasteiger partial charge in [0.15, 0.2) is 0 Å². The van der Waals surface area contributed by atoms with Crippen LogP contribution >= 0.6 is 0 Å². The van der Waals surface area contributed by atoms with E-state index in [0.29, 0.717) is 0 Å². The van der Waals surface area contributed by atoms with E-state index in [1.807, 2.05) is 54.6 Å². The third kappa shape index (κ3) is 2.36. The van der Waals surface area contributed by atoms with Gasteiger partial charge in [-0.1, -0.05) is 48.5 Å². The van der Waals surface area contributed by atoms with Crippen molar-refractivity contribution in [2.24, 2.45) is 0 Å². The molecule has 0 aliphatic carbocycles. The van der Waals surface area contributed by atoms with E-state index in [1.165, 1.54) is 0 Å². The largest absolute Gasteiger partial charge is 0.497 e. The van der Waals surface area contributed by atoms with Crippen LogP contribution in [-0.4, -0.2) is 16.7 Å². The summed E-state index contributed by atoms with van der Waals surface area (Å²) in [7, 11) is 1.68. The van der Waals surface area contributed by atoms with Crippen molar-refractivity contribution in [2.45, 2.75) is 0 Å². The van der Waals surface area contributed by atoms with Crippen LogP contribution in [0.3, 0.4) is 0 Å². The molecule has 0 fully saturated rings.